The number of nitrogens with zero attached hydrogens (tertiary/aromatic N) is 1. The summed E-state index contributed by atoms with van der Waals surface area (Å²) >= 11 is 0. The van der Waals surface area contributed by atoms with E-state index >= 15 is 0 Å². The third-order valence-electron chi connectivity index (χ3n) is 6.29. The highest BCUT2D eigenvalue weighted by Gasteiger charge is 2.25. The van der Waals surface area contributed by atoms with Gasteiger partial charge in [0.05, 0.1) is 5.69 Å². The van der Waals surface area contributed by atoms with Gasteiger partial charge in [0.25, 0.3) is 0 Å². The SMILES string of the molecule is Cc1ccc(NC(=O)CS(=O)CC(=O)N(CC(=O)NC2CCCC2)c2cccc3ccccc23)cc1. The average molecular weight is 506 g/mol. The Hall–Kier alpha value is -3.52. The van der Waals surface area contributed by atoms with Crippen LogP contribution in [0.25, 0.3) is 10.8 Å². The monoisotopic (exact) mass is 505 g/mol. The molecular weight excluding hydrogens is 474 g/mol. The summed E-state index contributed by atoms with van der Waals surface area (Å²) in [5, 5.41) is 7.49. The van der Waals surface area contributed by atoms with E-state index in [0.717, 1.165) is 42.0 Å². The summed E-state index contributed by atoms with van der Waals surface area (Å²) in [7, 11) is -1.74. The van der Waals surface area contributed by atoms with E-state index in [1.54, 1.807) is 18.2 Å². The first-order valence-electron chi connectivity index (χ1n) is 12.2. The number of amides is 3. The second kappa shape index (κ2) is 11.9. The number of anilines is 2. The van der Waals surface area contributed by atoms with E-state index in [2.05, 4.69) is 10.6 Å². The number of hydrogen-bond acceptors (Lipinski definition) is 4. The highest BCUT2D eigenvalue weighted by atomic mass is 32.2. The molecule has 1 unspecified atom stereocenters. The van der Waals surface area contributed by atoms with E-state index in [4.69, 9.17) is 0 Å². The van der Waals surface area contributed by atoms with Crippen LogP contribution in [0.4, 0.5) is 11.4 Å². The Morgan fingerprint density at radius 3 is 2.33 bits per heavy atom. The van der Waals surface area contributed by atoms with E-state index in [9.17, 15) is 18.6 Å². The molecule has 0 saturated heterocycles. The summed E-state index contributed by atoms with van der Waals surface area (Å²) in [5.41, 5.74) is 2.25. The molecule has 3 aromatic rings. The van der Waals surface area contributed by atoms with Gasteiger partial charge >= 0.3 is 0 Å². The molecule has 1 fully saturated rings. The van der Waals surface area contributed by atoms with Crippen molar-refractivity contribution in [2.75, 3.05) is 28.3 Å². The van der Waals surface area contributed by atoms with Crippen molar-refractivity contribution in [3.8, 4) is 0 Å². The Bertz CT molecular complexity index is 1260. The lowest BCUT2D eigenvalue weighted by atomic mass is 10.1. The van der Waals surface area contributed by atoms with Crippen molar-refractivity contribution in [2.24, 2.45) is 0 Å². The van der Waals surface area contributed by atoms with Crippen LogP contribution < -0.4 is 15.5 Å². The van der Waals surface area contributed by atoms with Gasteiger partial charge in [0.2, 0.25) is 17.7 Å². The second-order valence-electron chi connectivity index (χ2n) is 9.17. The third-order valence-corrected chi connectivity index (χ3v) is 7.45. The summed E-state index contributed by atoms with van der Waals surface area (Å²) in [6, 6.07) is 20.6. The lowest BCUT2D eigenvalue weighted by molar-refractivity contribution is -0.123. The Labute approximate surface area is 213 Å². The van der Waals surface area contributed by atoms with Crippen LogP contribution in [-0.4, -0.2) is 46.0 Å². The lowest BCUT2D eigenvalue weighted by Gasteiger charge is -2.25. The van der Waals surface area contributed by atoms with Gasteiger partial charge in [0.1, 0.15) is 18.1 Å². The van der Waals surface area contributed by atoms with Crippen LogP contribution in [0.5, 0.6) is 0 Å². The van der Waals surface area contributed by atoms with Crippen LogP contribution in [0.3, 0.4) is 0 Å². The van der Waals surface area contributed by atoms with Crippen molar-refractivity contribution in [3.05, 3.63) is 72.3 Å². The van der Waals surface area contributed by atoms with E-state index in [1.807, 2.05) is 55.5 Å². The van der Waals surface area contributed by atoms with Crippen LogP contribution in [0, 0.1) is 6.92 Å². The molecule has 1 aliphatic rings. The number of aryl methyl sites for hydroxylation is 1. The number of fused-ring (bicyclic) bond motifs is 1. The molecule has 7 nitrogen and oxygen atoms in total. The van der Waals surface area contributed by atoms with Crippen molar-refractivity contribution >= 4 is 50.7 Å². The number of rotatable bonds is 9. The van der Waals surface area contributed by atoms with Crippen LogP contribution in [0.2, 0.25) is 0 Å². The summed E-state index contributed by atoms with van der Waals surface area (Å²) in [6.45, 7) is 1.78. The maximum atomic E-state index is 13.4. The van der Waals surface area contributed by atoms with E-state index in [1.165, 1.54) is 4.90 Å². The molecule has 2 N–H and O–H groups in total. The fraction of sp³-hybridized carbons (Fsp3) is 0.321. The summed E-state index contributed by atoms with van der Waals surface area (Å²) in [6.07, 6.45) is 4.04. The van der Waals surface area contributed by atoms with E-state index < -0.39 is 22.6 Å². The van der Waals surface area contributed by atoms with Crippen molar-refractivity contribution in [3.63, 3.8) is 0 Å². The zero-order chi connectivity index (χ0) is 25.5. The van der Waals surface area contributed by atoms with Crippen molar-refractivity contribution in [2.45, 2.75) is 38.6 Å². The predicted octanol–water partition coefficient (Wildman–Crippen LogP) is 3.93. The Kier molecular flexibility index (Phi) is 8.48. The maximum absolute atomic E-state index is 13.4. The van der Waals surface area contributed by atoms with Gasteiger partial charge in [-0.2, -0.15) is 0 Å². The molecule has 0 aromatic heterocycles. The molecule has 188 valence electrons. The van der Waals surface area contributed by atoms with E-state index in [-0.39, 0.29) is 30.0 Å². The van der Waals surface area contributed by atoms with Gasteiger partial charge in [0.15, 0.2) is 0 Å². The second-order valence-corrected chi connectivity index (χ2v) is 10.6. The normalized spacial score (nSPS) is 14.4. The maximum Gasteiger partial charge on any atom is 0.240 e. The van der Waals surface area contributed by atoms with Crippen LogP contribution in [0.1, 0.15) is 31.2 Å². The first-order chi connectivity index (χ1) is 17.4. The molecule has 0 heterocycles. The zero-order valence-electron chi connectivity index (χ0n) is 20.4. The number of hydrogen-bond donors (Lipinski definition) is 2. The Balaban J connectivity index is 1.47. The number of carbonyl (C=O) groups excluding carboxylic acids is 3. The molecule has 0 spiro atoms. The molecule has 3 aromatic carbocycles. The van der Waals surface area contributed by atoms with Gasteiger partial charge in [-0.25, -0.2) is 0 Å². The quantitative estimate of drug-likeness (QED) is 0.461. The molecule has 36 heavy (non-hydrogen) atoms. The Morgan fingerprint density at radius 1 is 0.889 bits per heavy atom. The summed E-state index contributed by atoms with van der Waals surface area (Å²) in [5.74, 6) is -1.81. The Morgan fingerprint density at radius 2 is 1.58 bits per heavy atom. The predicted molar refractivity (Wildman–Crippen MR) is 144 cm³/mol. The van der Waals surface area contributed by atoms with Crippen LogP contribution >= 0.6 is 0 Å². The third kappa shape index (κ3) is 6.79. The molecule has 1 atom stereocenters. The highest BCUT2D eigenvalue weighted by molar-refractivity contribution is 7.86. The highest BCUT2D eigenvalue weighted by Crippen LogP contribution is 2.27. The number of nitrogens with one attached hydrogen (secondary N) is 2. The molecule has 0 aliphatic heterocycles. The summed E-state index contributed by atoms with van der Waals surface area (Å²) in [4.78, 5) is 40.0. The van der Waals surface area contributed by atoms with Gasteiger partial charge in [0, 0.05) is 27.9 Å². The minimum atomic E-state index is -1.74. The van der Waals surface area contributed by atoms with Gasteiger partial charge < -0.3 is 15.5 Å². The minimum Gasteiger partial charge on any atom is -0.352 e. The topological polar surface area (TPSA) is 95.6 Å². The van der Waals surface area contributed by atoms with Crippen molar-refractivity contribution in [1.29, 1.82) is 0 Å². The van der Waals surface area contributed by atoms with E-state index in [0.29, 0.717) is 11.4 Å². The minimum absolute atomic E-state index is 0.126. The van der Waals surface area contributed by atoms with Crippen molar-refractivity contribution in [1.82, 2.24) is 5.32 Å². The van der Waals surface area contributed by atoms with Gasteiger partial charge in [-0.05, 0) is 43.4 Å². The lowest BCUT2D eigenvalue weighted by Crippen LogP contribution is -2.45. The fourth-order valence-electron chi connectivity index (χ4n) is 4.49. The van der Waals surface area contributed by atoms with Gasteiger partial charge in [-0.1, -0.05) is 66.9 Å². The fourth-order valence-corrected chi connectivity index (χ4v) is 5.38. The van der Waals surface area contributed by atoms with Gasteiger partial charge in [-0.15, -0.1) is 0 Å². The molecule has 4 rings (SSSR count). The molecule has 1 saturated carbocycles. The molecule has 0 bridgehead atoms. The van der Waals surface area contributed by atoms with Crippen LogP contribution in [-0.2, 0) is 25.2 Å². The molecule has 0 radical (unpaired) electrons. The standard InChI is InChI=1S/C28H31N3O4S/c1-20-13-15-23(16-14-20)30-27(33)18-36(35)19-28(34)31(17-26(32)29-22-9-3-4-10-22)25-12-6-8-21-7-2-5-11-24(21)25/h2,5-8,11-16,22H,3-4,9-10,17-19H2,1H3,(H,29,32)(H,30,33). The molecular formula is C28H31N3O4S. The first kappa shape index (κ1) is 25.6. The van der Waals surface area contributed by atoms with Crippen molar-refractivity contribution < 1.29 is 18.6 Å². The molecule has 3 amide bonds. The molecule has 8 heteroatoms. The molecule has 1 aliphatic carbocycles. The summed E-state index contributed by atoms with van der Waals surface area (Å²) < 4.78 is 12.8. The number of benzene rings is 3. The number of carbonyl (C=O) groups is 3. The largest absolute Gasteiger partial charge is 0.352 e. The zero-order valence-corrected chi connectivity index (χ0v) is 21.2. The average Bonchev–Trinajstić information content (AvgIpc) is 3.36. The van der Waals surface area contributed by atoms with Gasteiger partial charge in [-0.3, -0.25) is 18.6 Å². The smallest absolute Gasteiger partial charge is 0.240 e. The van der Waals surface area contributed by atoms with Crippen LogP contribution in [0.15, 0.2) is 66.7 Å². The first-order valence-corrected chi connectivity index (χ1v) is 13.7.